The molecule has 0 aliphatic rings. The summed E-state index contributed by atoms with van der Waals surface area (Å²) in [6, 6.07) is 6.95. The average Bonchev–Trinajstić information content (AvgIpc) is 2.44. The number of carbonyl (C=O) groups excluding carboxylic acids is 1. The molecule has 0 radical (unpaired) electrons. The lowest BCUT2D eigenvalue weighted by atomic mass is 10.1. The molecule has 2 N–H and O–H groups in total. The summed E-state index contributed by atoms with van der Waals surface area (Å²) in [6.45, 7) is 3.90. The second kappa shape index (κ2) is 6.14. The molecule has 0 fully saturated rings. The lowest BCUT2D eigenvalue weighted by Crippen LogP contribution is -2.28. The van der Waals surface area contributed by atoms with Crippen molar-refractivity contribution in [2.75, 3.05) is 0 Å². The normalized spacial score (nSPS) is 11.9. The number of nitrogens with one attached hydrogen (secondary N) is 1. The van der Waals surface area contributed by atoms with Gasteiger partial charge in [0.25, 0.3) is 5.91 Å². The molecular weight excluding hydrogens is 254 g/mol. The Morgan fingerprint density at radius 1 is 1.40 bits per heavy atom. The van der Waals surface area contributed by atoms with Crippen molar-refractivity contribution < 1.29 is 9.90 Å². The van der Waals surface area contributed by atoms with Gasteiger partial charge in [0.2, 0.25) is 0 Å². The highest BCUT2D eigenvalue weighted by Gasteiger charge is 2.15. The topological polar surface area (TPSA) is 75.1 Å². The third kappa shape index (κ3) is 3.32. The summed E-state index contributed by atoms with van der Waals surface area (Å²) in [7, 11) is 0. The molecule has 0 aliphatic heterocycles. The summed E-state index contributed by atoms with van der Waals surface area (Å²) in [5.41, 5.74) is 2.07. The van der Waals surface area contributed by atoms with Gasteiger partial charge < -0.3 is 10.4 Å². The van der Waals surface area contributed by atoms with Crippen LogP contribution in [0.4, 0.5) is 0 Å². The Balaban J connectivity index is 2.16. The van der Waals surface area contributed by atoms with Gasteiger partial charge in [0.15, 0.2) is 0 Å². The molecule has 1 atom stereocenters. The molecule has 2 rings (SSSR count). The maximum absolute atomic E-state index is 12.1. The predicted octanol–water partition coefficient (Wildman–Crippen LogP) is 2.37. The van der Waals surface area contributed by atoms with Gasteiger partial charge in [0, 0.05) is 11.9 Å². The first-order valence-electron chi connectivity index (χ1n) is 6.48. The van der Waals surface area contributed by atoms with Crippen molar-refractivity contribution in [1.29, 1.82) is 0 Å². The Morgan fingerprint density at radius 2 is 2.20 bits per heavy atom. The van der Waals surface area contributed by atoms with E-state index in [4.69, 9.17) is 0 Å². The van der Waals surface area contributed by atoms with Crippen molar-refractivity contribution in [3.05, 3.63) is 53.6 Å². The fraction of sp³-hybridized carbons (Fsp3) is 0.267. The SMILES string of the molecule is CCC(NC(=O)c1cncc(O)c1)c1cccc(C)n1. The van der Waals surface area contributed by atoms with Gasteiger partial charge in [-0.2, -0.15) is 0 Å². The van der Waals surface area contributed by atoms with Gasteiger partial charge in [-0.1, -0.05) is 13.0 Å². The largest absolute Gasteiger partial charge is 0.506 e. The summed E-state index contributed by atoms with van der Waals surface area (Å²) in [5, 5.41) is 12.3. The fourth-order valence-electron chi connectivity index (χ4n) is 1.94. The minimum Gasteiger partial charge on any atom is -0.506 e. The molecule has 2 aromatic heterocycles. The molecular formula is C15H17N3O2. The Labute approximate surface area is 117 Å². The summed E-state index contributed by atoms with van der Waals surface area (Å²) >= 11 is 0. The summed E-state index contributed by atoms with van der Waals surface area (Å²) in [6.07, 6.45) is 3.44. The number of aromatic nitrogens is 2. The summed E-state index contributed by atoms with van der Waals surface area (Å²) < 4.78 is 0. The Bertz CT molecular complexity index is 614. The number of aryl methyl sites for hydroxylation is 1. The molecule has 0 aromatic carbocycles. The van der Waals surface area contributed by atoms with Crippen LogP contribution in [-0.2, 0) is 0 Å². The van der Waals surface area contributed by atoms with Crippen LogP contribution in [0.15, 0.2) is 36.7 Å². The highest BCUT2D eigenvalue weighted by atomic mass is 16.3. The number of hydrogen-bond donors (Lipinski definition) is 2. The standard InChI is InChI=1S/C15H17N3O2/c1-3-13(14-6-4-5-10(2)17-14)18-15(20)11-7-12(19)9-16-8-11/h4-9,13,19H,3H2,1-2H3,(H,18,20). The van der Waals surface area contributed by atoms with Gasteiger partial charge in [-0.3, -0.25) is 14.8 Å². The monoisotopic (exact) mass is 271 g/mol. The second-order valence-corrected chi connectivity index (χ2v) is 4.57. The van der Waals surface area contributed by atoms with Crippen LogP contribution >= 0.6 is 0 Å². The highest BCUT2D eigenvalue weighted by molar-refractivity contribution is 5.94. The third-order valence-corrected chi connectivity index (χ3v) is 2.97. The van der Waals surface area contributed by atoms with E-state index in [0.29, 0.717) is 5.56 Å². The zero-order chi connectivity index (χ0) is 14.5. The lowest BCUT2D eigenvalue weighted by Gasteiger charge is -2.17. The van der Waals surface area contributed by atoms with E-state index in [0.717, 1.165) is 17.8 Å². The molecule has 5 nitrogen and oxygen atoms in total. The van der Waals surface area contributed by atoms with Crippen molar-refractivity contribution in [1.82, 2.24) is 15.3 Å². The van der Waals surface area contributed by atoms with E-state index in [1.165, 1.54) is 18.5 Å². The molecule has 1 unspecified atom stereocenters. The van der Waals surface area contributed by atoms with Gasteiger partial charge in [-0.05, 0) is 31.5 Å². The van der Waals surface area contributed by atoms with E-state index >= 15 is 0 Å². The van der Waals surface area contributed by atoms with Gasteiger partial charge in [-0.25, -0.2) is 0 Å². The van der Waals surface area contributed by atoms with Crippen molar-refractivity contribution in [2.45, 2.75) is 26.3 Å². The number of carbonyl (C=O) groups is 1. The van der Waals surface area contributed by atoms with Crippen molar-refractivity contribution >= 4 is 5.91 Å². The quantitative estimate of drug-likeness (QED) is 0.895. The number of pyridine rings is 2. The minimum atomic E-state index is -0.274. The maximum atomic E-state index is 12.1. The van der Waals surface area contributed by atoms with Crippen LogP contribution in [0.25, 0.3) is 0 Å². The summed E-state index contributed by atoms with van der Waals surface area (Å²) in [4.78, 5) is 20.4. The van der Waals surface area contributed by atoms with Crippen LogP contribution in [0, 0.1) is 6.92 Å². The molecule has 0 bridgehead atoms. The number of nitrogens with zero attached hydrogens (tertiary/aromatic N) is 2. The van der Waals surface area contributed by atoms with Gasteiger partial charge in [0.1, 0.15) is 5.75 Å². The Morgan fingerprint density at radius 3 is 2.85 bits per heavy atom. The predicted molar refractivity (Wildman–Crippen MR) is 75.4 cm³/mol. The molecule has 2 heterocycles. The number of aromatic hydroxyl groups is 1. The van der Waals surface area contributed by atoms with E-state index in [-0.39, 0.29) is 17.7 Å². The molecule has 0 spiro atoms. The molecule has 5 heteroatoms. The van der Waals surface area contributed by atoms with E-state index < -0.39 is 0 Å². The number of rotatable bonds is 4. The van der Waals surface area contributed by atoms with Crippen molar-refractivity contribution in [2.24, 2.45) is 0 Å². The summed E-state index contributed by atoms with van der Waals surface area (Å²) in [5.74, 6) is -0.303. The first-order valence-corrected chi connectivity index (χ1v) is 6.48. The molecule has 0 aliphatic carbocycles. The van der Waals surface area contributed by atoms with E-state index in [1.807, 2.05) is 32.0 Å². The molecule has 1 amide bonds. The van der Waals surface area contributed by atoms with Crippen LogP contribution in [0.1, 0.15) is 41.1 Å². The number of hydrogen-bond acceptors (Lipinski definition) is 4. The lowest BCUT2D eigenvalue weighted by molar-refractivity contribution is 0.0934. The molecule has 104 valence electrons. The minimum absolute atomic E-state index is 0.0284. The van der Waals surface area contributed by atoms with E-state index in [1.54, 1.807) is 0 Å². The fourth-order valence-corrected chi connectivity index (χ4v) is 1.94. The zero-order valence-electron chi connectivity index (χ0n) is 11.5. The van der Waals surface area contributed by atoms with Crippen molar-refractivity contribution in [3.8, 4) is 5.75 Å². The van der Waals surface area contributed by atoms with Gasteiger partial charge in [0.05, 0.1) is 23.5 Å². The maximum Gasteiger partial charge on any atom is 0.253 e. The Hall–Kier alpha value is -2.43. The highest BCUT2D eigenvalue weighted by Crippen LogP contribution is 2.16. The van der Waals surface area contributed by atoms with Crippen LogP contribution in [-0.4, -0.2) is 21.0 Å². The smallest absolute Gasteiger partial charge is 0.253 e. The first-order chi connectivity index (χ1) is 9.60. The van der Waals surface area contributed by atoms with Crippen LogP contribution in [0.3, 0.4) is 0 Å². The molecule has 0 saturated carbocycles. The van der Waals surface area contributed by atoms with Crippen LogP contribution in [0.2, 0.25) is 0 Å². The second-order valence-electron chi connectivity index (χ2n) is 4.57. The molecule has 0 saturated heterocycles. The van der Waals surface area contributed by atoms with E-state index in [9.17, 15) is 9.90 Å². The van der Waals surface area contributed by atoms with Crippen molar-refractivity contribution in [3.63, 3.8) is 0 Å². The zero-order valence-corrected chi connectivity index (χ0v) is 11.5. The first kappa shape index (κ1) is 14.0. The molecule has 2 aromatic rings. The van der Waals surface area contributed by atoms with Gasteiger partial charge >= 0.3 is 0 Å². The Kier molecular flexibility index (Phi) is 4.30. The van der Waals surface area contributed by atoms with Crippen LogP contribution < -0.4 is 5.32 Å². The number of amides is 1. The average molecular weight is 271 g/mol. The van der Waals surface area contributed by atoms with E-state index in [2.05, 4.69) is 15.3 Å². The van der Waals surface area contributed by atoms with Crippen LogP contribution in [0.5, 0.6) is 5.75 Å². The van der Waals surface area contributed by atoms with Gasteiger partial charge in [-0.15, -0.1) is 0 Å². The third-order valence-electron chi connectivity index (χ3n) is 2.97. The molecule has 20 heavy (non-hydrogen) atoms.